The summed E-state index contributed by atoms with van der Waals surface area (Å²) in [5, 5.41) is 2.77. The lowest BCUT2D eigenvalue weighted by atomic mass is 10.2. The molecule has 1 amide bonds. The largest absolute Gasteiger partial charge is 0.573 e. The molecule has 0 spiro atoms. The number of carbonyl (C=O) groups is 1. The van der Waals surface area contributed by atoms with Gasteiger partial charge in [-0.15, -0.1) is 13.2 Å². The first-order chi connectivity index (χ1) is 8.90. The number of amides is 1. The second kappa shape index (κ2) is 4.83. The zero-order valence-electron chi connectivity index (χ0n) is 9.97. The van der Waals surface area contributed by atoms with Gasteiger partial charge >= 0.3 is 6.36 Å². The van der Waals surface area contributed by atoms with E-state index in [2.05, 4.69) is 15.0 Å². The molecule has 1 aromatic carbocycles. The number of fused-ring (bicyclic) bond motifs is 1. The lowest BCUT2D eigenvalue weighted by Crippen LogP contribution is -2.22. The molecule has 0 radical (unpaired) electrons. The second-order valence-electron chi connectivity index (χ2n) is 3.81. The van der Waals surface area contributed by atoms with Crippen LogP contribution in [0.15, 0.2) is 24.3 Å². The summed E-state index contributed by atoms with van der Waals surface area (Å²) in [6, 6.07) is 5.52. The van der Waals surface area contributed by atoms with Gasteiger partial charge in [-0.2, -0.15) is 0 Å². The molecule has 7 heteroatoms. The van der Waals surface area contributed by atoms with E-state index >= 15 is 0 Å². The summed E-state index contributed by atoms with van der Waals surface area (Å²) in [5.41, 5.74) is 0.595. The molecule has 0 saturated carbocycles. The zero-order chi connectivity index (χ0) is 14.0. The van der Waals surface area contributed by atoms with Crippen LogP contribution in [-0.4, -0.2) is 23.8 Å². The number of ether oxygens (including phenoxy) is 1. The van der Waals surface area contributed by atoms with E-state index in [4.69, 9.17) is 0 Å². The summed E-state index contributed by atoms with van der Waals surface area (Å²) in [5.74, 6) is -0.714. The Morgan fingerprint density at radius 2 is 2.16 bits per heavy atom. The van der Waals surface area contributed by atoms with Crippen LogP contribution in [0.1, 0.15) is 17.4 Å². The van der Waals surface area contributed by atoms with Crippen molar-refractivity contribution >= 4 is 16.8 Å². The van der Waals surface area contributed by atoms with E-state index < -0.39 is 6.36 Å². The van der Waals surface area contributed by atoms with Crippen LogP contribution in [0.5, 0.6) is 5.75 Å². The monoisotopic (exact) mass is 272 g/mol. The number of rotatable bonds is 3. The number of alkyl halides is 3. The van der Waals surface area contributed by atoms with Gasteiger partial charge in [0.1, 0.15) is 11.4 Å². The summed E-state index contributed by atoms with van der Waals surface area (Å²) in [4.78, 5) is 14.4. The minimum atomic E-state index is -4.77. The summed E-state index contributed by atoms with van der Waals surface area (Å²) >= 11 is 0. The van der Waals surface area contributed by atoms with Gasteiger partial charge in [0.05, 0.1) is 0 Å². The molecule has 2 rings (SSSR count). The number of carbonyl (C=O) groups excluding carboxylic acids is 1. The fourth-order valence-corrected chi connectivity index (χ4v) is 1.72. The molecule has 2 N–H and O–H groups in total. The molecule has 1 heterocycles. The van der Waals surface area contributed by atoms with Crippen LogP contribution in [0.2, 0.25) is 0 Å². The Hall–Kier alpha value is -2.18. The number of H-pyrrole nitrogens is 1. The molecule has 0 atom stereocenters. The maximum atomic E-state index is 12.2. The van der Waals surface area contributed by atoms with Crippen molar-refractivity contribution in [2.24, 2.45) is 0 Å². The Morgan fingerprint density at radius 1 is 1.42 bits per heavy atom. The van der Waals surface area contributed by atoms with Crippen molar-refractivity contribution in [3.63, 3.8) is 0 Å². The fourth-order valence-electron chi connectivity index (χ4n) is 1.72. The van der Waals surface area contributed by atoms with Crippen LogP contribution < -0.4 is 10.1 Å². The molecular weight excluding hydrogens is 261 g/mol. The SMILES string of the molecule is CCNC(=O)c1cc2c(OC(F)(F)F)cccc2[nH]1. The van der Waals surface area contributed by atoms with Crippen molar-refractivity contribution in [2.75, 3.05) is 6.54 Å². The van der Waals surface area contributed by atoms with Crippen molar-refractivity contribution in [1.82, 2.24) is 10.3 Å². The van der Waals surface area contributed by atoms with Crippen LogP contribution >= 0.6 is 0 Å². The highest BCUT2D eigenvalue weighted by molar-refractivity contribution is 5.99. The number of hydrogen-bond acceptors (Lipinski definition) is 2. The minimum absolute atomic E-state index is 0.190. The van der Waals surface area contributed by atoms with E-state index in [1.165, 1.54) is 18.2 Å². The zero-order valence-corrected chi connectivity index (χ0v) is 9.97. The van der Waals surface area contributed by atoms with Crippen LogP contribution in [0.25, 0.3) is 10.9 Å². The molecule has 0 aliphatic carbocycles. The predicted octanol–water partition coefficient (Wildman–Crippen LogP) is 2.82. The van der Waals surface area contributed by atoms with Crippen molar-refractivity contribution in [2.45, 2.75) is 13.3 Å². The molecular formula is C12H11F3N2O2. The minimum Gasteiger partial charge on any atom is -0.405 e. The number of nitrogens with one attached hydrogen (secondary N) is 2. The van der Waals surface area contributed by atoms with E-state index in [0.29, 0.717) is 12.1 Å². The Kier molecular flexibility index (Phi) is 3.37. The average Bonchev–Trinajstić information content (AvgIpc) is 2.72. The predicted molar refractivity (Wildman–Crippen MR) is 63.0 cm³/mol. The van der Waals surface area contributed by atoms with Crippen LogP contribution in [-0.2, 0) is 0 Å². The van der Waals surface area contributed by atoms with Crippen LogP contribution in [0.4, 0.5) is 13.2 Å². The normalized spacial score (nSPS) is 11.6. The fraction of sp³-hybridized carbons (Fsp3) is 0.250. The highest BCUT2D eigenvalue weighted by Crippen LogP contribution is 2.30. The van der Waals surface area contributed by atoms with Gasteiger partial charge in [0.25, 0.3) is 5.91 Å². The van der Waals surface area contributed by atoms with Gasteiger partial charge in [-0.1, -0.05) is 6.07 Å². The summed E-state index contributed by atoms with van der Waals surface area (Å²) < 4.78 is 40.6. The van der Waals surface area contributed by atoms with Gasteiger partial charge in [0.2, 0.25) is 0 Å². The smallest absolute Gasteiger partial charge is 0.405 e. The van der Waals surface area contributed by atoms with Gasteiger partial charge < -0.3 is 15.0 Å². The average molecular weight is 272 g/mol. The maximum absolute atomic E-state index is 12.2. The Labute approximate surface area is 106 Å². The molecule has 0 aliphatic rings. The van der Waals surface area contributed by atoms with Crippen molar-refractivity contribution in [3.8, 4) is 5.75 Å². The van der Waals surface area contributed by atoms with E-state index in [1.54, 1.807) is 13.0 Å². The molecule has 0 saturated heterocycles. The van der Waals surface area contributed by atoms with Crippen molar-refractivity contribution in [3.05, 3.63) is 30.0 Å². The van der Waals surface area contributed by atoms with E-state index in [0.717, 1.165) is 0 Å². The highest BCUT2D eigenvalue weighted by atomic mass is 19.4. The second-order valence-corrected chi connectivity index (χ2v) is 3.81. The number of aromatic amines is 1. The highest BCUT2D eigenvalue weighted by Gasteiger charge is 2.32. The van der Waals surface area contributed by atoms with Crippen LogP contribution in [0.3, 0.4) is 0 Å². The maximum Gasteiger partial charge on any atom is 0.573 e. The lowest BCUT2D eigenvalue weighted by molar-refractivity contribution is -0.274. The van der Waals surface area contributed by atoms with E-state index in [-0.39, 0.29) is 22.7 Å². The molecule has 102 valence electrons. The van der Waals surface area contributed by atoms with Crippen molar-refractivity contribution < 1.29 is 22.7 Å². The summed E-state index contributed by atoms with van der Waals surface area (Å²) in [6.45, 7) is 2.18. The molecule has 19 heavy (non-hydrogen) atoms. The van der Waals surface area contributed by atoms with Gasteiger partial charge in [0.15, 0.2) is 0 Å². The summed E-state index contributed by atoms with van der Waals surface area (Å²) in [7, 11) is 0. The number of halogens is 3. The van der Waals surface area contributed by atoms with Crippen LogP contribution in [0, 0.1) is 0 Å². The number of hydrogen-bond donors (Lipinski definition) is 2. The molecule has 1 aromatic heterocycles. The quantitative estimate of drug-likeness (QED) is 0.902. The first-order valence-corrected chi connectivity index (χ1v) is 5.56. The molecule has 0 fully saturated rings. The topological polar surface area (TPSA) is 54.1 Å². The lowest BCUT2D eigenvalue weighted by Gasteiger charge is -2.09. The number of aromatic nitrogens is 1. The van der Waals surface area contributed by atoms with Gasteiger partial charge in [-0.3, -0.25) is 4.79 Å². The number of benzene rings is 1. The van der Waals surface area contributed by atoms with E-state index in [9.17, 15) is 18.0 Å². The molecule has 2 aromatic rings. The first-order valence-electron chi connectivity index (χ1n) is 5.56. The Bertz CT molecular complexity index is 605. The molecule has 4 nitrogen and oxygen atoms in total. The Balaban J connectivity index is 2.42. The molecule has 0 bridgehead atoms. The van der Waals surface area contributed by atoms with Gasteiger partial charge in [-0.05, 0) is 25.1 Å². The first kappa shape index (κ1) is 13.3. The third-order valence-electron chi connectivity index (χ3n) is 2.43. The van der Waals surface area contributed by atoms with Crippen molar-refractivity contribution in [1.29, 1.82) is 0 Å². The molecule has 0 aliphatic heterocycles. The third kappa shape index (κ3) is 2.98. The summed E-state index contributed by atoms with van der Waals surface area (Å²) in [6.07, 6.45) is -4.77. The Morgan fingerprint density at radius 3 is 2.79 bits per heavy atom. The van der Waals surface area contributed by atoms with Gasteiger partial charge in [0, 0.05) is 17.4 Å². The third-order valence-corrected chi connectivity index (χ3v) is 2.43. The standard InChI is InChI=1S/C12H11F3N2O2/c1-2-16-11(18)9-6-7-8(17-9)4-3-5-10(7)19-12(13,14)15/h3-6,17H,2H2,1H3,(H,16,18). The van der Waals surface area contributed by atoms with Gasteiger partial charge in [-0.25, -0.2) is 0 Å². The molecule has 0 unspecified atom stereocenters. The van der Waals surface area contributed by atoms with E-state index in [1.807, 2.05) is 0 Å².